The molecule has 15 heavy (non-hydrogen) atoms. The summed E-state index contributed by atoms with van der Waals surface area (Å²) in [6, 6.07) is 0. The van der Waals surface area contributed by atoms with E-state index < -0.39 is 7.37 Å². The zero-order valence-corrected chi connectivity index (χ0v) is 11.2. The standard InChI is InChI=1S/C12H27O2P/c1-3-5-7-9-11-15(13,14)12-10-8-6-4-2/h3-12H2,1-2H3,(H,13,14)/p-1. The van der Waals surface area contributed by atoms with Crippen molar-refractivity contribution in [3.63, 3.8) is 0 Å². The molecule has 0 aliphatic rings. The smallest absolute Gasteiger partial charge is 0.0148 e. The quantitative estimate of drug-likeness (QED) is 0.425. The Labute approximate surface area is 94.9 Å². The van der Waals surface area contributed by atoms with Crippen molar-refractivity contribution < 1.29 is 9.46 Å². The summed E-state index contributed by atoms with van der Waals surface area (Å²) in [4.78, 5) is 11.6. The van der Waals surface area contributed by atoms with Crippen LogP contribution in [0.5, 0.6) is 0 Å². The molecule has 0 atom stereocenters. The van der Waals surface area contributed by atoms with Crippen LogP contribution in [0.2, 0.25) is 0 Å². The molecule has 0 saturated heterocycles. The molecule has 0 rings (SSSR count). The highest BCUT2D eigenvalue weighted by atomic mass is 31.2. The molecular formula is C12H26O2P-. The van der Waals surface area contributed by atoms with E-state index in [1.807, 2.05) is 0 Å². The Morgan fingerprint density at radius 2 is 1.20 bits per heavy atom. The van der Waals surface area contributed by atoms with Crippen molar-refractivity contribution >= 4 is 7.37 Å². The lowest BCUT2D eigenvalue weighted by atomic mass is 10.2. The van der Waals surface area contributed by atoms with Crippen LogP contribution >= 0.6 is 7.37 Å². The molecule has 0 saturated carbocycles. The van der Waals surface area contributed by atoms with Gasteiger partial charge in [-0.2, -0.15) is 0 Å². The summed E-state index contributed by atoms with van der Waals surface area (Å²) in [5.41, 5.74) is 0. The lowest BCUT2D eigenvalue weighted by Crippen LogP contribution is -2.09. The van der Waals surface area contributed by atoms with Crippen molar-refractivity contribution in [3.8, 4) is 0 Å². The molecule has 0 radical (unpaired) electrons. The predicted molar refractivity (Wildman–Crippen MR) is 65.6 cm³/mol. The van der Waals surface area contributed by atoms with Crippen LogP contribution < -0.4 is 4.89 Å². The first-order valence-corrected chi connectivity index (χ1v) is 8.41. The third kappa shape index (κ3) is 10.5. The van der Waals surface area contributed by atoms with Crippen molar-refractivity contribution in [1.29, 1.82) is 0 Å². The third-order valence-corrected chi connectivity index (χ3v) is 4.70. The fourth-order valence-corrected chi connectivity index (χ4v) is 3.31. The van der Waals surface area contributed by atoms with Gasteiger partial charge in [-0.15, -0.1) is 0 Å². The highest BCUT2D eigenvalue weighted by molar-refractivity contribution is 7.56. The van der Waals surface area contributed by atoms with Gasteiger partial charge in [0.25, 0.3) is 0 Å². The molecular weight excluding hydrogens is 207 g/mol. The van der Waals surface area contributed by atoms with Gasteiger partial charge < -0.3 is 9.46 Å². The topological polar surface area (TPSA) is 40.1 Å². The van der Waals surface area contributed by atoms with Gasteiger partial charge in [0.05, 0.1) is 0 Å². The lowest BCUT2D eigenvalue weighted by molar-refractivity contribution is -0.175. The van der Waals surface area contributed by atoms with Gasteiger partial charge in [0, 0.05) is 7.37 Å². The van der Waals surface area contributed by atoms with Crippen molar-refractivity contribution in [3.05, 3.63) is 0 Å². The largest absolute Gasteiger partial charge is 0.799 e. The summed E-state index contributed by atoms with van der Waals surface area (Å²) in [7, 11) is -3.02. The number of unbranched alkanes of at least 4 members (excludes halogenated alkanes) is 6. The summed E-state index contributed by atoms with van der Waals surface area (Å²) in [5, 5.41) is 0. The van der Waals surface area contributed by atoms with Gasteiger partial charge in [0.1, 0.15) is 0 Å². The summed E-state index contributed by atoms with van der Waals surface area (Å²) < 4.78 is 11.6. The lowest BCUT2D eigenvalue weighted by Gasteiger charge is -2.23. The average Bonchev–Trinajstić information content (AvgIpc) is 2.20. The van der Waals surface area contributed by atoms with Crippen molar-refractivity contribution in [2.75, 3.05) is 12.3 Å². The number of hydrogen-bond acceptors (Lipinski definition) is 2. The Balaban J connectivity index is 3.45. The third-order valence-electron chi connectivity index (χ3n) is 2.70. The van der Waals surface area contributed by atoms with Gasteiger partial charge >= 0.3 is 0 Å². The van der Waals surface area contributed by atoms with Crippen molar-refractivity contribution in [1.82, 2.24) is 0 Å². The van der Waals surface area contributed by atoms with Gasteiger partial charge in [-0.1, -0.05) is 52.4 Å². The summed E-state index contributed by atoms with van der Waals surface area (Å²) >= 11 is 0. The van der Waals surface area contributed by atoms with Gasteiger partial charge in [-0.05, 0) is 25.2 Å². The fraction of sp³-hybridized carbons (Fsp3) is 1.00. The second-order valence-corrected chi connectivity index (χ2v) is 6.91. The molecule has 0 aliphatic heterocycles. The Kier molecular flexibility index (Phi) is 9.54. The van der Waals surface area contributed by atoms with Gasteiger partial charge in [-0.3, -0.25) is 0 Å². The summed E-state index contributed by atoms with van der Waals surface area (Å²) in [5.74, 6) is 0. The second kappa shape index (κ2) is 9.42. The Morgan fingerprint density at radius 1 is 0.800 bits per heavy atom. The molecule has 0 N–H and O–H groups in total. The molecule has 0 bridgehead atoms. The van der Waals surface area contributed by atoms with E-state index in [9.17, 15) is 9.46 Å². The average molecular weight is 233 g/mol. The van der Waals surface area contributed by atoms with E-state index >= 15 is 0 Å². The molecule has 0 amide bonds. The Morgan fingerprint density at radius 3 is 1.53 bits per heavy atom. The van der Waals surface area contributed by atoms with E-state index in [2.05, 4.69) is 13.8 Å². The molecule has 0 aromatic carbocycles. The van der Waals surface area contributed by atoms with E-state index in [1.165, 1.54) is 12.8 Å². The van der Waals surface area contributed by atoms with Crippen LogP contribution in [0, 0.1) is 0 Å². The number of hydrogen-bond donors (Lipinski definition) is 0. The van der Waals surface area contributed by atoms with Crippen LogP contribution in [-0.4, -0.2) is 12.3 Å². The molecule has 92 valence electrons. The van der Waals surface area contributed by atoms with E-state index in [1.54, 1.807) is 0 Å². The maximum absolute atomic E-state index is 11.6. The zero-order valence-electron chi connectivity index (χ0n) is 10.3. The van der Waals surface area contributed by atoms with Gasteiger partial charge in [0.15, 0.2) is 0 Å². The Bertz CT molecular complexity index is 164. The number of rotatable bonds is 10. The normalized spacial score (nSPS) is 11.9. The van der Waals surface area contributed by atoms with Crippen LogP contribution in [0.15, 0.2) is 0 Å². The first-order valence-electron chi connectivity index (χ1n) is 6.41. The molecule has 0 spiro atoms. The molecule has 0 aliphatic carbocycles. The minimum absolute atomic E-state index is 0.430. The van der Waals surface area contributed by atoms with Crippen LogP contribution in [-0.2, 0) is 4.57 Å². The van der Waals surface area contributed by atoms with E-state index in [0.29, 0.717) is 12.3 Å². The maximum Gasteiger partial charge on any atom is 0.0148 e. The SMILES string of the molecule is CCCCCCP(=O)([O-])CCCCCC. The minimum Gasteiger partial charge on any atom is -0.799 e. The Hall–Kier alpha value is 0.190. The molecule has 2 nitrogen and oxygen atoms in total. The monoisotopic (exact) mass is 233 g/mol. The molecule has 0 aromatic rings. The second-order valence-electron chi connectivity index (χ2n) is 4.38. The van der Waals surface area contributed by atoms with Crippen LogP contribution in [0.3, 0.4) is 0 Å². The highest BCUT2D eigenvalue weighted by Gasteiger charge is 2.06. The summed E-state index contributed by atoms with van der Waals surface area (Å²) in [6.45, 7) is 4.28. The van der Waals surface area contributed by atoms with E-state index in [4.69, 9.17) is 0 Å². The first-order chi connectivity index (χ1) is 7.12. The van der Waals surface area contributed by atoms with Gasteiger partial charge in [-0.25, -0.2) is 0 Å². The molecule has 0 aromatic heterocycles. The van der Waals surface area contributed by atoms with Crippen molar-refractivity contribution in [2.45, 2.75) is 65.2 Å². The molecule has 0 fully saturated rings. The van der Waals surface area contributed by atoms with Crippen LogP contribution in [0.4, 0.5) is 0 Å². The fourth-order valence-electron chi connectivity index (χ4n) is 1.67. The van der Waals surface area contributed by atoms with Crippen LogP contribution in [0.1, 0.15) is 65.2 Å². The molecule has 0 heterocycles. The predicted octanol–water partition coefficient (Wildman–Crippen LogP) is 3.79. The van der Waals surface area contributed by atoms with E-state index in [0.717, 1.165) is 38.5 Å². The zero-order chi connectivity index (χ0) is 11.6. The van der Waals surface area contributed by atoms with Crippen molar-refractivity contribution in [2.24, 2.45) is 0 Å². The first kappa shape index (κ1) is 15.2. The summed E-state index contributed by atoms with van der Waals surface area (Å²) in [6.07, 6.45) is 9.38. The molecule has 3 heteroatoms. The highest BCUT2D eigenvalue weighted by Crippen LogP contribution is 2.37. The van der Waals surface area contributed by atoms with Crippen LogP contribution in [0.25, 0.3) is 0 Å². The maximum atomic E-state index is 11.6. The minimum atomic E-state index is -3.02. The van der Waals surface area contributed by atoms with Gasteiger partial charge in [0.2, 0.25) is 0 Å². The van der Waals surface area contributed by atoms with E-state index in [-0.39, 0.29) is 0 Å². The molecule has 0 unspecified atom stereocenters.